The Hall–Kier alpha value is -1.34. The van der Waals surface area contributed by atoms with E-state index < -0.39 is 0 Å². The maximum atomic E-state index is 5.96. The van der Waals surface area contributed by atoms with Crippen LogP contribution >= 0.6 is 15.9 Å². The van der Waals surface area contributed by atoms with Crippen LogP contribution in [-0.4, -0.2) is 37.8 Å². The average molecular weight is 407 g/mol. The first-order chi connectivity index (χ1) is 12.3. The van der Waals surface area contributed by atoms with Crippen molar-refractivity contribution in [2.45, 2.75) is 26.1 Å². The third kappa shape index (κ3) is 4.26. The molecule has 4 rings (SSSR count). The molecule has 2 aromatic rings. The van der Waals surface area contributed by atoms with E-state index in [0.29, 0.717) is 6.54 Å². The molecule has 0 saturated carbocycles. The van der Waals surface area contributed by atoms with Gasteiger partial charge in [-0.25, -0.2) is 0 Å². The van der Waals surface area contributed by atoms with Crippen LogP contribution in [0.1, 0.15) is 22.6 Å². The molecular formula is C19H23BrN2O3. The number of rotatable bonds is 6. The molecule has 0 aliphatic carbocycles. The zero-order valence-electron chi connectivity index (χ0n) is 14.2. The van der Waals surface area contributed by atoms with E-state index >= 15 is 0 Å². The lowest BCUT2D eigenvalue weighted by molar-refractivity contribution is 0.0312. The predicted octanol–water partition coefficient (Wildman–Crippen LogP) is 3.10. The summed E-state index contributed by atoms with van der Waals surface area (Å²) >= 11 is 3.59. The molecular weight excluding hydrogens is 384 g/mol. The van der Waals surface area contributed by atoms with Crippen molar-refractivity contribution < 1.29 is 13.9 Å². The second-order valence-electron chi connectivity index (χ2n) is 6.51. The fourth-order valence-electron chi connectivity index (χ4n) is 3.38. The molecule has 25 heavy (non-hydrogen) atoms. The summed E-state index contributed by atoms with van der Waals surface area (Å²) in [5, 5.41) is 3.46. The van der Waals surface area contributed by atoms with Crippen LogP contribution in [0.25, 0.3) is 0 Å². The van der Waals surface area contributed by atoms with Crippen molar-refractivity contribution in [2.75, 3.05) is 32.9 Å². The van der Waals surface area contributed by atoms with Gasteiger partial charge in [0.05, 0.1) is 32.9 Å². The van der Waals surface area contributed by atoms with Crippen LogP contribution in [0.2, 0.25) is 0 Å². The van der Waals surface area contributed by atoms with E-state index in [2.05, 4.69) is 50.4 Å². The molecule has 6 heteroatoms. The summed E-state index contributed by atoms with van der Waals surface area (Å²) in [4.78, 5) is 2.36. The van der Waals surface area contributed by atoms with Gasteiger partial charge >= 0.3 is 0 Å². The Balaban J connectivity index is 1.31. The van der Waals surface area contributed by atoms with Gasteiger partial charge in [-0.2, -0.15) is 0 Å². The molecule has 1 saturated heterocycles. The number of benzene rings is 1. The normalized spacial score (nSPS) is 17.5. The van der Waals surface area contributed by atoms with E-state index in [1.54, 1.807) is 0 Å². The number of halogens is 1. The standard InChI is InChI=1S/C19H23BrN2O3/c20-16-9-14-3-6-24-19(14)15(10-16)11-21-12-17-1-2-18(25-17)13-22-4-7-23-8-5-22/h1-2,9-10,21H,3-8,11-13H2. The van der Waals surface area contributed by atoms with E-state index in [-0.39, 0.29) is 0 Å². The molecule has 0 radical (unpaired) electrons. The maximum absolute atomic E-state index is 5.96. The molecule has 1 N–H and O–H groups in total. The molecule has 134 valence electrons. The van der Waals surface area contributed by atoms with Gasteiger partial charge in [-0.05, 0) is 29.8 Å². The third-order valence-corrected chi connectivity index (χ3v) is 5.10. The quantitative estimate of drug-likeness (QED) is 0.798. The van der Waals surface area contributed by atoms with Gasteiger partial charge in [-0.1, -0.05) is 15.9 Å². The first-order valence-electron chi connectivity index (χ1n) is 8.80. The highest BCUT2D eigenvalue weighted by Crippen LogP contribution is 2.32. The highest BCUT2D eigenvalue weighted by atomic mass is 79.9. The number of ether oxygens (including phenoxy) is 2. The number of nitrogens with zero attached hydrogens (tertiary/aromatic N) is 1. The average Bonchev–Trinajstić information content (AvgIpc) is 3.25. The summed E-state index contributed by atoms with van der Waals surface area (Å²) in [5.74, 6) is 3.03. The van der Waals surface area contributed by atoms with Crippen LogP contribution in [0.15, 0.2) is 33.2 Å². The van der Waals surface area contributed by atoms with Crippen LogP contribution in [0, 0.1) is 0 Å². The molecule has 3 heterocycles. The van der Waals surface area contributed by atoms with Crippen molar-refractivity contribution in [3.63, 3.8) is 0 Å². The van der Waals surface area contributed by atoms with Crippen molar-refractivity contribution in [1.82, 2.24) is 10.2 Å². The van der Waals surface area contributed by atoms with Gasteiger partial charge in [0, 0.05) is 36.1 Å². The molecule has 0 unspecified atom stereocenters. The molecule has 5 nitrogen and oxygen atoms in total. The Labute approximate surface area is 156 Å². The first kappa shape index (κ1) is 17.1. The lowest BCUT2D eigenvalue weighted by Crippen LogP contribution is -2.35. The zero-order valence-corrected chi connectivity index (χ0v) is 15.8. The fourth-order valence-corrected chi connectivity index (χ4v) is 3.93. The minimum atomic E-state index is 0.713. The van der Waals surface area contributed by atoms with Crippen molar-refractivity contribution in [2.24, 2.45) is 0 Å². The summed E-state index contributed by atoms with van der Waals surface area (Å²) in [6.45, 7) is 6.69. The van der Waals surface area contributed by atoms with Gasteiger partial charge in [-0.15, -0.1) is 0 Å². The Morgan fingerprint density at radius 2 is 1.88 bits per heavy atom. The van der Waals surface area contributed by atoms with Gasteiger partial charge in [0.1, 0.15) is 17.3 Å². The number of furan rings is 1. The van der Waals surface area contributed by atoms with E-state index in [0.717, 1.165) is 74.2 Å². The molecule has 0 bridgehead atoms. The predicted molar refractivity (Wildman–Crippen MR) is 98.7 cm³/mol. The second-order valence-corrected chi connectivity index (χ2v) is 7.43. The van der Waals surface area contributed by atoms with Gasteiger partial charge in [0.15, 0.2) is 0 Å². The van der Waals surface area contributed by atoms with Gasteiger partial charge in [0.2, 0.25) is 0 Å². The largest absolute Gasteiger partial charge is 0.493 e. The van der Waals surface area contributed by atoms with E-state index in [9.17, 15) is 0 Å². The maximum Gasteiger partial charge on any atom is 0.127 e. The Bertz CT molecular complexity index is 725. The van der Waals surface area contributed by atoms with Crippen LogP contribution in [0.4, 0.5) is 0 Å². The summed E-state index contributed by atoms with van der Waals surface area (Å²) in [7, 11) is 0. The number of nitrogens with one attached hydrogen (secondary N) is 1. The van der Waals surface area contributed by atoms with Crippen molar-refractivity contribution in [3.8, 4) is 5.75 Å². The minimum absolute atomic E-state index is 0.713. The Morgan fingerprint density at radius 3 is 2.76 bits per heavy atom. The highest BCUT2D eigenvalue weighted by molar-refractivity contribution is 9.10. The first-order valence-corrected chi connectivity index (χ1v) is 9.60. The van der Waals surface area contributed by atoms with Gasteiger partial charge < -0.3 is 19.2 Å². The zero-order chi connectivity index (χ0) is 17.1. The summed E-state index contributed by atoms with van der Waals surface area (Å²) in [6.07, 6.45) is 0.991. The minimum Gasteiger partial charge on any atom is -0.493 e. The van der Waals surface area contributed by atoms with Crippen LogP contribution in [0.3, 0.4) is 0 Å². The fraction of sp³-hybridized carbons (Fsp3) is 0.474. The summed E-state index contributed by atoms with van der Waals surface area (Å²) in [5.41, 5.74) is 2.49. The molecule has 0 amide bonds. The second kappa shape index (κ2) is 7.91. The monoisotopic (exact) mass is 406 g/mol. The van der Waals surface area contributed by atoms with Gasteiger partial charge in [0.25, 0.3) is 0 Å². The number of hydrogen-bond acceptors (Lipinski definition) is 5. The van der Waals surface area contributed by atoms with Crippen LogP contribution in [0.5, 0.6) is 5.75 Å². The summed E-state index contributed by atoms with van der Waals surface area (Å²) < 4.78 is 18.2. The molecule has 1 aromatic heterocycles. The molecule has 1 aromatic carbocycles. The molecule has 2 aliphatic heterocycles. The van der Waals surface area contributed by atoms with Gasteiger partial charge in [-0.3, -0.25) is 4.90 Å². The SMILES string of the molecule is Brc1cc2c(c(CNCc3ccc(CN4CCOCC4)o3)c1)OCC2. The topological polar surface area (TPSA) is 46.9 Å². The number of morpholine rings is 1. The van der Waals surface area contributed by atoms with Crippen molar-refractivity contribution in [3.05, 3.63) is 51.4 Å². The van der Waals surface area contributed by atoms with Crippen molar-refractivity contribution >= 4 is 15.9 Å². The summed E-state index contributed by atoms with van der Waals surface area (Å²) in [6, 6.07) is 8.41. The van der Waals surface area contributed by atoms with Crippen LogP contribution in [-0.2, 0) is 30.8 Å². The third-order valence-electron chi connectivity index (χ3n) is 4.64. The molecule has 2 aliphatic rings. The lowest BCUT2D eigenvalue weighted by atomic mass is 10.1. The number of hydrogen-bond donors (Lipinski definition) is 1. The van der Waals surface area contributed by atoms with E-state index in [1.807, 2.05) is 0 Å². The van der Waals surface area contributed by atoms with Crippen molar-refractivity contribution in [1.29, 1.82) is 0 Å². The Kier molecular flexibility index (Phi) is 5.41. The van der Waals surface area contributed by atoms with Crippen LogP contribution < -0.4 is 10.1 Å². The molecule has 0 spiro atoms. The van der Waals surface area contributed by atoms with E-state index in [4.69, 9.17) is 13.9 Å². The molecule has 0 atom stereocenters. The highest BCUT2D eigenvalue weighted by Gasteiger charge is 2.17. The number of fused-ring (bicyclic) bond motifs is 1. The lowest BCUT2D eigenvalue weighted by Gasteiger charge is -2.25. The van der Waals surface area contributed by atoms with E-state index in [1.165, 1.54) is 11.1 Å². The molecule has 1 fully saturated rings. The Morgan fingerprint density at radius 1 is 1.04 bits per heavy atom. The smallest absolute Gasteiger partial charge is 0.127 e.